The number of rotatable bonds is 3. The summed E-state index contributed by atoms with van der Waals surface area (Å²) in [5.74, 6) is 1.45. The molecular formula is C12H13IN2O2. The van der Waals surface area contributed by atoms with Crippen LogP contribution < -0.4 is 9.47 Å². The summed E-state index contributed by atoms with van der Waals surface area (Å²) in [6.45, 7) is 1.99. The average molecular weight is 344 g/mol. The van der Waals surface area contributed by atoms with Gasteiger partial charge in [0.05, 0.1) is 17.8 Å². The Morgan fingerprint density at radius 3 is 2.41 bits per heavy atom. The first-order valence-electron chi connectivity index (χ1n) is 5.13. The van der Waals surface area contributed by atoms with Gasteiger partial charge < -0.3 is 9.47 Å². The summed E-state index contributed by atoms with van der Waals surface area (Å²) in [5, 5.41) is 8.14. The van der Waals surface area contributed by atoms with Crippen LogP contribution >= 0.6 is 22.6 Å². The molecule has 17 heavy (non-hydrogen) atoms. The van der Waals surface area contributed by atoms with Crippen LogP contribution in [-0.4, -0.2) is 14.2 Å². The minimum absolute atomic E-state index is 0.469. The van der Waals surface area contributed by atoms with Crippen molar-refractivity contribution >= 4 is 22.6 Å². The molecule has 0 N–H and O–H groups in total. The third-order valence-corrected chi connectivity index (χ3v) is 3.60. The molecule has 0 amide bonds. The van der Waals surface area contributed by atoms with Gasteiger partial charge in [0.15, 0.2) is 11.5 Å². The summed E-state index contributed by atoms with van der Waals surface area (Å²) >= 11 is 2.22. The second-order valence-electron chi connectivity index (χ2n) is 3.84. The Kier molecular flexibility index (Phi) is 3.37. The number of hydrogen-bond donors (Lipinski definition) is 0. The minimum Gasteiger partial charge on any atom is -0.492 e. The molecule has 1 heterocycles. The highest BCUT2D eigenvalue weighted by atomic mass is 127. The first-order valence-corrected chi connectivity index (χ1v) is 6.21. The van der Waals surface area contributed by atoms with Crippen molar-refractivity contribution in [2.45, 2.75) is 12.5 Å². The van der Waals surface area contributed by atoms with E-state index in [-0.39, 0.29) is 0 Å². The highest BCUT2D eigenvalue weighted by molar-refractivity contribution is 14.1. The third-order valence-electron chi connectivity index (χ3n) is 2.75. The van der Waals surface area contributed by atoms with Crippen molar-refractivity contribution in [1.29, 1.82) is 0 Å². The second kappa shape index (κ2) is 4.64. The Morgan fingerprint density at radius 2 is 1.88 bits per heavy atom. The van der Waals surface area contributed by atoms with Crippen LogP contribution in [0.1, 0.15) is 12.5 Å². The van der Waals surface area contributed by atoms with E-state index in [2.05, 4.69) is 32.8 Å². The third kappa shape index (κ3) is 2.03. The van der Waals surface area contributed by atoms with Crippen LogP contribution in [0.3, 0.4) is 0 Å². The van der Waals surface area contributed by atoms with E-state index in [0.29, 0.717) is 5.75 Å². The Hall–Kier alpha value is -1.11. The van der Waals surface area contributed by atoms with Crippen LogP contribution in [0.15, 0.2) is 34.6 Å². The number of ether oxygens (including phenoxy) is 2. The normalized spacial score (nSPS) is 21.9. The van der Waals surface area contributed by atoms with Gasteiger partial charge in [0, 0.05) is 11.8 Å². The molecule has 1 aliphatic rings. The fourth-order valence-electron chi connectivity index (χ4n) is 1.84. The number of methoxy groups -OCH3 is 2. The van der Waals surface area contributed by atoms with Crippen molar-refractivity contribution in [3.8, 4) is 11.5 Å². The summed E-state index contributed by atoms with van der Waals surface area (Å²) in [6, 6.07) is 3.99. The van der Waals surface area contributed by atoms with Crippen molar-refractivity contribution in [2.24, 2.45) is 10.2 Å². The monoisotopic (exact) mass is 344 g/mol. The lowest BCUT2D eigenvalue weighted by Crippen LogP contribution is -2.15. The standard InChI is InChI=1S/C12H13IN2O2/c1-12(6-7-14-15-12)8-4-5-9(13)11(17-3)10(8)16-2/h4-7H,1-3H3. The molecule has 0 spiro atoms. The lowest BCUT2D eigenvalue weighted by Gasteiger charge is -2.22. The molecule has 2 rings (SSSR count). The molecule has 0 saturated carbocycles. The van der Waals surface area contributed by atoms with E-state index >= 15 is 0 Å². The van der Waals surface area contributed by atoms with Gasteiger partial charge in [-0.05, 0) is 41.7 Å². The van der Waals surface area contributed by atoms with Crippen LogP contribution in [0.4, 0.5) is 0 Å². The highest BCUT2D eigenvalue weighted by Gasteiger charge is 2.31. The fraction of sp³-hybridized carbons (Fsp3) is 0.333. The SMILES string of the molecule is COc1c(I)ccc(C2(C)C=CN=N2)c1OC. The predicted octanol–water partition coefficient (Wildman–Crippen LogP) is 3.50. The quantitative estimate of drug-likeness (QED) is 0.788. The maximum absolute atomic E-state index is 5.46. The van der Waals surface area contributed by atoms with E-state index in [0.717, 1.165) is 14.9 Å². The van der Waals surface area contributed by atoms with E-state index in [1.165, 1.54) is 0 Å². The molecule has 0 fully saturated rings. The summed E-state index contributed by atoms with van der Waals surface area (Å²) in [4.78, 5) is 0. The van der Waals surface area contributed by atoms with Gasteiger partial charge in [0.25, 0.3) is 0 Å². The zero-order chi connectivity index (χ0) is 12.5. The van der Waals surface area contributed by atoms with E-state index in [1.807, 2.05) is 25.1 Å². The zero-order valence-electron chi connectivity index (χ0n) is 9.90. The van der Waals surface area contributed by atoms with Crippen LogP contribution in [-0.2, 0) is 5.54 Å². The van der Waals surface area contributed by atoms with Crippen LogP contribution in [0.2, 0.25) is 0 Å². The Labute approximate surface area is 114 Å². The number of hydrogen-bond acceptors (Lipinski definition) is 4. The van der Waals surface area contributed by atoms with Gasteiger partial charge in [-0.25, -0.2) is 0 Å². The molecule has 4 nitrogen and oxygen atoms in total. The summed E-state index contributed by atoms with van der Waals surface area (Å²) < 4.78 is 11.9. The second-order valence-corrected chi connectivity index (χ2v) is 5.00. The number of halogens is 1. The first kappa shape index (κ1) is 12.3. The highest BCUT2D eigenvalue weighted by Crippen LogP contribution is 2.43. The van der Waals surface area contributed by atoms with Gasteiger partial charge in [0.2, 0.25) is 0 Å². The molecular weight excluding hydrogens is 331 g/mol. The molecule has 0 radical (unpaired) electrons. The Balaban J connectivity index is 2.62. The molecule has 0 saturated heterocycles. The van der Waals surface area contributed by atoms with E-state index < -0.39 is 5.54 Å². The minimum atomic E-state index is -0.469. The van der Waals surface area contributed by atoms with Gasteiger partial charge in [-0.15, -0.1) is 0 Å². The molecule has 1 aliphatic heterocycles. The largest absolute Gasteiger partial charge is 0.492 e. The molecule has 5 heteroatoms. The topological polar surface area (TPSA) is 43.2 Å². The lowest BCUT2D eigenvalue weighted by atomic mass is 9.92. The van der Waals surface area contributed by atoms with Crippen molar-refractivity contribution < 1.29 is 9.47 Å². The number of azo groups is 1. The zero-order valence-corrected chi connectivity index (χ0v) is 12.1. The van der Waals surface area contributed by atoms with Gasteiger partial charge in [-0.3, -0.25) is 0 Å². The maximum atomic E-state index is 5.46. The molecule has 1 aromatic carbocycles. The van der Waals surface area contributed by atoms with Gasteiger partial charge in [-0.1, -0.05) is 6.07 Å². The van der Waals surface area contributed by atoms with Crippen LogP contribution in [0, 0.1) is 3.57 Å². The smallest absolute Gasteiger partial charge is 0.174 e. The molecule has 0 bridgehead atoms. The summed E-state index contributed by atoms with van der Waals surface area (Å²) in [7, 11) is 3.27. The first-order chi connectivity index (χ1) is 8.12. The van der Waals surface area contributed by atoms with Crippen LogP contribution in [0.5, 0.6) is 11.5 Å². The van der Waals surface area contributed by atoms with Gasteiger partial charge in [-0.2, -0.15) is 10.2 Å². The van der Waals surface area contributed by atoms with E-state index in [1.54, 1.807) is 20.4 Å². The van der Waals surface area contributed by atoms with Crippen molar-refractivity contribution in [2.75, 3.05) is 14.2 Å². The number of benzene rings is 1. The van der Waals surface area contributed by atoms with Crippen molar-refractivity contribution in [3.63, 3.8) is 0 Å². The molecule has 0 aliphatic carbocycles. The maximum Gasteiger partial charge on any atom is 0.174 e. The lowest BCUT2D eigenvalue weighted by molar-refractivity contribution is 0.344. The fourth-order valence-corrected chi connectivity index (χ4v) is 2.48. The Morgan fingerprint density at radius 1 is 1.18 bits per heavy atom. The van der Waals surface area contributed by atoms with Crippen molar-refractivity contribution in [1.82, 2.24) is 0 Å². The average Bonchev–Trinajstić information content (AvgIpc) is 2.76. The molecule has 1 aromatic rings. The summed E-state index contributed by atoms with van der Waals surface area (Å²) in [5.41, 5.74) is 0.484. The molecule has 0 aromatic heterocycles. The molecule has 1 atom stereocenters. The van der Waals surface area contributed by atoms with E-state index in [9.17, 15) is 0 Å². The molecule has 90 valence electrons. The van der Waals surface area contributed by atoms with Gasteiger partial charge >= 0.3 is 0 Å². The number of nitrogens with zero attached hydrogens (tertiary/aromatic N) is 2. The van der Waals surface area contributed by atoms with Gasteiger partial charge in [0.1, 0.15) is 5.54 Å². The van der Waals surface area contributed by atoms with Crippen molar-refractivity contribution in [3.05, 3.63) is 33.5 Å². The Bertz CT molecular complexity index is 486. The summed E-state index contributed by atoms with van der Waals surface area (Å²) in [6.07, 6.45) is 3.64. The predicted molar refractivity (Wildman–Crippen MR) is 73.6 cm³/mol. The van der Waals surface area contributed by atoms with Crippen LogP contribution in [0.25, 0.3) is 0 Å². The molecule has 1 unspecified atom stereocenters. The van der Waals surface area contributed by atoms with E-state index in [4.69, 9.17) is 9.47 Å².